The van der Waals surface area contributed by atoms with Crippen molar-refractivity contribution in [2.24, 2.45) is 0 Å². The van der Waals surface area contributed by atoms with E-state index >= 15 is 0 Å². The van der Waals surface area contributed by atoms with Crippen LogP contribution in [0.3, 0.4) is 0 Å². The van der Waals surface area contributed by atoms with Crippen LogP contribution in [-0.2, 0) is 17.8 Å². The number of hydrogen-bond acceptors (Lipinski definition) is 4. The quantitative estimate of drug-likeness (QED) is 0.866. The number of aryl methyl sites for hydroxylation is 1. The number of rotatable bonds is 6. The molecule has 2 rings (SSSR count). The molecule has 0 saturated heterocycles. The smallest absolute Gasteiger partial charge is 0.222 e. The Morgan fingerprint density at radius 1 is 1.56 bits per heavy atom. The molecule has 0 atom stereocenters. The Kier molecular flexibility index (Phi) is 4.46. The predicted octanol–water partition coefficient (Wildman–Crippen LogP) is 1.85. The third-order valence-electron chi connectivity index (χ3n) is 2.67. The van der Waals surface area contributed by atoms with E-state index in [2.05, 4.69) is 26.6 Å². The van der Waals surface area contributed by atoms with Gasteiger partial charge in [-0.25, -0.2) is 4.98 Å². The second kappa shape index (κ2) is 6.30. The molecule has 0 spiro atoms. The number of carbonyl (C=O) groups excluding carboxylic acids is 1. The second-order valence-electron chi connectivity index (χ2n) is 4.11. The van der Waals surface area contributed by atoms with Crippen molar-refractivity contribution >= 4 is 17.2 Å². The molecule has 96 valence electrons. The van der Waals surface area contributed by atoms with E-state index in [-0.39, 0.29) is 5.91 Å². The first-order valence-electron chi connectivity index (χ1n) is 5.86. The Morgan fingerprint density at radius 2 is 2.44 bits per heavy atom. The van der Waals surface area contributed by atoms with Gasteiger partial charge >= 0.3 is 0 Å². The Bertz CT molecular complexity index is 466. The average Bonchev–Trinajstić information content (AvgIpc) is 3.01. The average molecular weight is 264 g/mol. The molecule has 2 heterocycles. The maximum absolute atomic E-state index is 11.9. The molecule has 0 bridgehead atoms. The van der Waals surface area contributed by atoms with E-state index in [9.17, 15) is 4.79 Å². The molecule has 2 aromatic rings. The van der Waals surface area contributed by atoms with Crippen LogP contribution in [0.15, 0.2) is 23.8 Å². The van der Waals surface area contributed by atoms with Crippen LogP contribution in [0.1, 0.15) is 23.5 Å². The van der Waals surface area contributed by atoms with Crippen molar-refractivity contribution in [1.29, 1.82) is 0 Å². The van der Waals surface area contributed by atoms with Crippen molar-refractivity contribution in [3.63, 3.8) is 0 Å². The lowest BCUT2D eigenvalue weighted by molar-refractivity contribution is -0.130. The molecule has 1 N–H and O–H groups in total. The summed E-state index contributed by atoms with van der Waals surface area (Å²) in [6.45, 7) is 0.484. The highest BCUT2D eigenvalue weighted by Gasteiger charge is 2.10. The van der Waals surface area contributed by atoms with Gasteiger partial charge in [0.15, 0.2) is 0 Å². The first-order valence-corrected chi connectivity index (χ1v) is 6.74. The number of carbonyl (C=O) groups is 1. The molecule has 18 heavy (non-hydrogen) atoms. The molecule has 0 saturated carbocycles. The minimum atomic E-state index is 0.142. The number of amides is 1. The monoisotopic (exact) mass is 264 g/mol. The van der Waals surface area contributed by atoms with Crippen LogP contribution in [0.25, 0.3) is 0 Å². The molecule has 1 amide bonds. The van der Waals surface area contributed by atoms with Crippen LogP contribution in [-0.4, -0.2) is 33.0 Å². The SMILES string of the molecule is CN(Cc1ncn[nH]1)C(=O)CCCc1cccs1. The number of nitrogens with zero attached hydrogens (tertiary/aromatic N) is 3. The van der Waals surface area contributed by atoms with E-state index in [1.165, 1.54) is 11.2 Å². The summed E-state index contributed by atoms with van der Waals surface area (Å²) in [6.07, 6.45) is 3.88. The number of aromatic amines is 1. The summed E-state index contributed by atoms with van der Waals surface area (Å²) in [5.74, 6) is 0.854. The van der Waals surface area contributed by atoms with Gasteiger partial charge in [0, 0.05) is 18.3 Å². The van der Waals surface area contributed by atoms with Gasteiger partial charge in [0.25, 0.3) is 0 Å². The molecule has 6 heteroatoms. The third kappa shape index (κ3) is 3.66. The fraction of sp³-hybridized carbons (Fsp3) is 0.417. The Hall–Kier alpha value is -1.69. The van der Waals surface area contributed by atoms with E-state index in [1.807, 2.05) is 6.07 Å². The van der Waals surface area contributed by atoms with E-state index in [0.717, 1.165) is 12.8 Å². The number of thiophene rings is 1. The lowest BCUT2D eigenvalue weighted by atomic mass is 10.2. The summed E-state index contributed by atoms with van der Waals surface area (Å²) in [4.78, 5) is 18.9. The zero-order chi connectivity index (χ0) is 12.8. The van der Waals surface area contributed by atoms with Gasteiger partial charge in [-0.05, 0) is 24.3 Å². The summed E-state index contributed by atoms with van der Waals surface area (Å²) < 4.78 is 0. The van der Waals surface area contributed by atoms with Gasteiger partial charge in [-0.2, -0.15) is 5.10 Å². The van der Waals surface area contributed by atoms with Crippen molar-refractivity contribution in [3.8, 4) is 0 Å². The number of H-pyrrole nitrogens is 1. The summed E-state index contributed by atoms with van der Waals surface area (Å²) in [7, 11) is 1.79. The minimum absolute atomic E-state index is 0.142. The van der Waals surface area contributed by atoms with Crippen LogP contribution in [0.2, 0.25) is 0 Å². The minimum Gasteiger partial charge on any atom is -0.338 e. The number of aromatic nitrogens is 3. The third-order valence-corrected chi connectivity index (χ3v) is 3.61. The largest absolute Gasteiger partial charge is 0.338 e. The Morgan fingerprint density at radius 3 is 3.11 bits per heavy atom. The van der Waals surface area contributed by atoms with E-state index in [1.54, 1.807) is 23.3 Å². The van der Waals surface area contributed by atoms with Gasteiger partial charge in [-0.1, -0.05) is 6.07 Å². The highest BCUT2D eigenvalue weighted by Crippen LogP contribution is 2.12. The van der Waals surface area contributed by atoms with Crippen LogP contribution in [0.5, 0.6) is 0 Å². The first kappa shape index (κ1) is 12.8. The molecule has 0 aromatic carbocycles. The van der Waals surface area contributed by atoms with Gasteiger partial charge < -0.3 is 4.90 Å². The molecular weight excluding hydrogens is 248 g/mol. The van der Waals surface area contributed by atoms with Crippen molar-refractivity contribution in [2.75, 3.05) is 7.05 Å². The molecule has 0 aliphatic carbocycles. The fourth-order valence-electron chi connectivity index (χ4n) is 1.68. The lowest BCUT2D eigenvalue weighted by Crippen LogP contribution is -2.26. The highest BCUT2D eigenvalue weighted by molar-refractivity contribution is 7.09. The molecule has 5 nitrogen and oxygen atoms in total. The van der Waals surface area contributed by atoms with Crippen molar-refractivity contribution in [1.82, 2.24) is 20.1 Å². The van der Waals surface area contributed by atoms with Crippen molar-refractivity contribution < 1.29 is 4.79 Å². The summed E-state index contributed by atoms with van der Waals surface area (Å²) >= 11 is 1.74. The predicted molar refractivity (Wildman–Crippen MR) is 70.1 cm³/mol. The topological polar surface area (TPSA) is 61.9 Å². The van der Waals surface area contributed by atoms with Gasteiger partial charge in [0.05, 0.1) is 6.54 Å². The van der Waals surface area contributed by atoms with E-state index < -0.39 is 0 Å². The Balaban J connectivity index is 1.70. The first-order chi connectivity index (χ1) is 8.75. The lowest BCUT2D eigenvalue weighted by Gasteiger charge is -2.15. The van der Waals surface area contributed by atoms with E-state index in [0.29, 0.717) is 18.8 Å². The second-order valence-corrected chi connectivity index (χ2v) is 5.15. The maximum Gasteiger partial charge on any atom is 0.222 e. The van der Waals surface area contributed by atoms with Crippen molar-refractivity contribution in [3.05, 3.63) is 34.5 Å². The van der Waals surface area contributed by atoms with Crippen molar-refractivity contribution in [2.45, 2.75) is 25.8 Å². The van der Waals surface area contributed by atoms with Gasteiger partial charge in [0.1, 0.15) is 12.2 Å². The molecule has 2 aromatic heterocycles. The zero-order valence-corrected chi connectivity index (χ0v) is 11.1. The highest BCUT2D eigenvalue weighted by atomic mass is 32.1. The normalized spacial score (nSPS) is 10.5. The number of nitrogens with one attached hydrogen (secondary N) is 1. The molecule has 0 aliphatic rings. The van der Waals surface area contributed by atoms with E-state index in [4.69, 9.17) is 0 Å². The summed E-state index contributed by atoms with van der Waals surface area (Å²) in [5, 5.41) is 8.57. The van der Waals surface area contributed by atoms with Crippen LogP contribution in [0.4, 0.5) is 0 Å². The molecule has 0 unspecified atom stereocenters. The molecule has 0 aliphatic heterocycles. The fourth-order valence-corrected chi connectivity index (χ4v) is 2.43. The molecular formula is C12H16N4OS. The standard InChI is InChI=1S/C12H16N4OS/c1-16(8-11-13-9-14-15-11)12(17)6-2-4-10-5-3-7-18-10/h3,5,7,9H,2,4,6,8H2,1H3,(H,13,14,15). The van der Waals surface area contributed by atoms with Gasteiger partial charge in [-0.15, -0.1) is 11.3 Å². The zero-order valence-electron chi connectivity index (χ0n) is 10.3. The molecule has 0 radical (unpaired) electrons. The maximum atomic E-state index is 11.9. The summed E-state index contributed by atoms with van der Waals surface area (Å²) in [6, 6.07) is 4.14. The van der Waals surface area contributed by atoms with Gasteiger partial charge in [-0.3, -0.25) is 9.89 Å². The Labute approximate surface area is 110 Å². The van der Waals surface area contributed by atoms with Crippen LogP contribution >= 0.6 is 11.3 Å². The molecule has 0 fully saturated rings. The van der Waals surface area contributed by atoms with Crippen LogP contribution in [0, 0.1) is 0 Å². The van der Waals surface area contributed by atoms with Gasteiger partial charge in [0.2, 0.25) is 5.91 Å². The van der Waals surface area contributed by atoms with Crippen LogP contribution < -0.4 is 0 Å². The summed E-state index contributed by atoms with van der Waals surface area (Å²) in [5.41, 5.74) is 0. The number of hydrogen-bond donors (Lipinski definition) is 1.